The minimum Gasteiger partial charge on any atom is -0.206 e. The van der Waals surface area contributed by atoms with Crippen LogP contribution < -0.4 is 0 Å². The van der Waals surface area contributed by atoms with Gasteiger partial charge in [-0.1, -0.05) is 73.2 Å². The molecule has 0 aliphatic carbocycles. The maximum atomic E-state index is 13.8. The molecule has 0 aliphatic heterocycles. The molecule has 1 unspecified atom stereocenters. The molecule has 0 bridgehead atoms. The van der Waals surface area contributed by atoms with Gasteiger partial charge >= 0.3 is 0 Å². The Labute approximate surface area is 140 Å². The molecule has 1 aromatic carbocycles. The van der Waals surface area contributed by atoms with Crippen molar-refractivity contribution in [2.75, 3.05) is 0 Å². The predicted octanol–water partition coefficient (Wildman–Crippen LogP) is 7.21. The van der Waals surface area contributed by atoms with Crippen molar-refractivity contribution < 1.29 is 13.2 Å². The lowest BCUT2D eigenvalue weighted by Crippen LogP contribution is -1.98. The molecule has 1 aromatic rings. The molecule has 1 atom stereocenters. The maximum absolute atomic E-state index is 13.8. The first-order valence-electron chi connectivity index (χ1n) is 8.25. The van der Waals surface area contributed by atoms with E-state index in [1.807, 2.05) is 0 Å². The van der Waals surface area contributed by atoms with Gasteiger partial charge in [0, 0.05) is 4.83 Å². The Bertz CT molecular complexity index is 421. The Morgan fingerprint density at radius 3 is 2.36 bits per heavy atom. The first-order chi connectivity index (χ1) is 10.6. The number of benzene rings is 1. The van der Waals surface area contributed by atoms with E-state index < -0.39 is 17.8 Å². The van der Waals surface area contributed by atoms with Crippen LogP contribution in [0, 0.1) is 5.82 Å². The second-order valence-corrected chi connectivity index (χ2v) is 7.11. The zero-order valence-corrected chi connectivity index (χ0v) is 14.8. The van der Waals surface area contributed by atoms with Gasteiger partial charge in [0.05, 0.1) is 5.56 Å². The highest BCUT2D eigenvalue weighted by molar-refractivity contribution is 9.09. The highest BCUT2D eigenvalue weighted by atomic mass is 79.9. The lowest BCUT2D eigenvalue weighted by Gasteiger charge is -2.09. The number of rotatable bonds is 11. The van der Waals surface area contributed by atoms with Crippen LogP contribution in [-0.2, 0) is 6.42 Å². The molecule has 0 aliphatic rings. The topological polar surface area (TPSA) is 0 Å². The number of alkyl halides is 3. The van der Waals surface area contributed by atoms with Gasteiger partial charge in [-0.3, -0.25) is 0 Å². The summed E-state index contributed by atoms with van der Waals surface area (Å²) in [7, 11) is 0. The van der Waals surface area contributed by atoms with Gasteiger partial charge in [-0.2, -0.15) is 0 Å². The van der Waals surface area contributed by atoms with Gasteiger partial charge in [0.1, 0.15) is 5.82 Å². The third-order valence-electron chi connectivity index (χ3n) is 3.91. The average molecular weight is 379 g/mol. The van der Waals surface area contributed by atoms with Crippen LogP contribution in [0.25, 0.3) is 0 Å². The number of aryl methyl sites for hydroxylation is 1. The molecule has 0 N–H and O–H groups in total. The first kappa shape index (κ1) is 19.5. The smallest absolute Gasteiger partial charge is 0.206 e. The second kappa shape index (κ2) is 11.1. The van der Waals surface area contributed by atoms with Crippen molar-refractivity contribution in [2.45, 2.75) is 76.0 Å². The maximum Gasteiger partial charge on any atom is 0.266 e. The molecule has 0 saturated heterocycles. The van der Waals surface area contributed by atoms with Crippen LogP contribution in [0.15, 0.2) is 18.2 Å². The van der Waals surface area contributed by atoms with Crippen molar-refractivity contribution in [2.24, 2.45) is 0 Å². The van der Waals surface area contributed by atoms with Crippen LogP contribution in [0.3, 0.4) is 0 Å². The summed E-state index contributed by atoms with van der Waals surface area (Å²) < 4.78 is 39.1. The fourth-order valence-corrected chi connectivity index (χ4v) is 3.41. The minimum atomic E-state index is -2.74. The summed E-state index contributed by atoms with van der Waals surface area (Å²) in [4.78, 5) is 0.628. The Morgan fingerprint density at radius 1 is 1.00 bits per heavy atom. The molecule has 0 amide bonds. The third-order valence-corrected chi connectivity index (χ3v) is 4.82. The molecule has 0 fully saturated rings. The van der Waals surface area contributed by atoms with Gasteiger partial charge in [0.2, 0.25) is 0 Å². The number of unbranched alkanes of at least 4 members (excludes halogenated alkanes) is 4. The van der Waals surface area contributed by atoms with Crippen LogP contribution in [0.4, 0.5) is 13.2 Å². The fraction of sp³-hybridized carbons (Fsp3) is 0.667. The molecule has 0 nitrogen and oxygen atoms in total. The van der Waals surface area contributed by atoms with E-state index in [0.717, 1.165) is 25.3 Å². The van der Waals surface area contributed by atoms with Crippen LogP contribution in [-0.4, -0.2) is 4.83 Å². The SMILES string of the molecule is CCCC(Br)CCCCCCCc1cccc(C(F)F)c1F. The van der Waals surface area contributed by atoms with E-state index in [1.165, 1.54) is 38.2 Å². The van der Waals surface area contributed by atoms with Gasteiger partial charge in [-0.05, 0) is 31.2 Å². The number of hydrogen-bond donors (Lipinski definition) is 0. The van der Waals surface area contributed by atoms with E-state index in [9.17, 15) is 13.2 Å². The van der Waals surface area contributed by atoms with E-state index in [1.54, 1.807) is 6.07 Å². The van der Waals surface area contributed by atoms with Crippen molar-refractivity contribution in [1.29, 1.82) is 0 Å². The summed E-state index contributed by atoms with van der Waals surface area (Å²) >= 11 is 3.67. The molecule has 0 aromatic heterocycles. The van der Waals surface area contributed by atoms with Crippen molar-refractivity contribution >= 4 is 15.9 Å². The summed E-state index contributed by atoms with van der Waals surface area (Å²) in [6.45, 7) is 2.19. The van der Waals surface area contributed by atoms with Gasteiger partial charge in [0.25, 0.3) is 6.43 Å². The molecule has 4 heteroatoms. The van der Waals surface area contributed by atoms with Crippen molar-refractivity contribution in [3.05, 3.63) is 35.1 Å². The summed E-state index contributed by atoms with van der Waals surface area (Å²) in [6.07, 6.45) is 6.86. The number of halogens is 4. The molecular weight excluding hydrogens is 353 g/mol. The summed E-state index contributed by atoms with van der Waals surface area (Å²) in [6, 6.07) is 4.29. The Morgan fingerprint density at radius 2 is 1.68 bits per heavy atom. The Balaban J connectivity index is 2.19. The monoisotopic (exact) mass is 378 g/mol. The molecule has 0 spiro atoms. The van der Waals surface area contributed by atoms with E-state index in [4.69, 9.17) is 0 Å². The van der Waals surface area contributed by atoms with Crippen LogP contribution >= 0.6 is 15.9 Å². The summed E-state index contributed by atoms with van der Waals surface area (Å²) in [5.41, 5.74) is -0.0574. The number of hydrogen-bond acceptors (Lipinski definition) is 0. The largest absolute Gasteiger partial charge is 0.266 e. The van der Waals surface area contributed by atoms with E-state index in [2.05, 4.69) is 22.9 Å². The lowest BCUT2D eigenvalue weighted by atomic mass is 10.0. The van der Waals surface area contributed by atoms with Crippen LogP contribution in [0.1, 0.15) is 75.8 Å². The average Bonchev–Trinajstić information content (AvgIpc) is 2.47. The predicted molar refractivity (Wildman–Crippen MR) is 90.4 cm³/mol. The molecule has 126 valence electrons. The molecule has 0 saturated carbocycles. The van der Waals surface area contributed by atoms with Gasteiger partial charge in [0.15, 0.2) is 0 Å². The normalized spacial score (nSPS) is 12.8. The van der Waals surface area contributed by atoms with Gasteiger partial charge < -0.3 is 0 Å². The first-order valence-corrected chi connectivity index (χ1v) is 9.17. The summed E-state index contributed by atoms with van der Waals surface area (Å²) in [5, 5.41) is 0. The van der Waals surface area contributed by atoms with E-state index in [0.29, 0.717) is 16.8 Å². The second-order valence-electron chi connectivity index (χ2n) is 5.81. The highest BCUT2D eigenvalue weighted by Gasteiger charge is 2.15. The van der Waals surface area contributed by atoms with Crippen LogP contribution in [0.2, 0.25) is 0 Å². The fourth-order valence-electron chi connectivity index (χ4n) is 2.63. The molecule has 22 heavy (non-hydrogen) atoms. The zero-order valence-electron chi connectivity index (χ0n) is 13.3. The Kier molecular flexibility index (Phi) is 9.85. The molecule has 0 heterocycles. The zero-order chi connectivity index (χ0) is 16.4. The molecule has 1 rings (SSSR count). The Hall–Kier alpha value is -0.510. The molecule has 0 radical (unpaired) electrons. The van der Waals surface area contributed by atoms with E-state index in [-0.39, 0.29) is 0 Å². The lowest BCUT2D eigenvalue weighted by molar-refractivity contribution is 0.146. The van der Waals surface area contributed by atoms with Gasteiger partial charge in [-0.25, -0.2) is 13.2 Å². The minimum absolute atomic E-state index is 0.418. The van der Waals surface area contributed by atoms with Crippen LogP contribution in [0.5, 0.6) is 0 Å². The standard InChI is InChI=1S/C18H26BrF3/c1-2-9-15(19)12-7-5-3-4-6-10-14-11-8-13-16(17(14)20)18(21)22/h8,11,13,15,18H,2-7,9-10,12H2,1H3. The van der Waals surface area contributed by atoms with Gasteiger partial charge in [-0.15, -0.1) is 0 Å². The third kappa shape index (κ3) is 7.17. The van der Waals surface area contributed by atoms with E-state index >= 15 is 0 Å². The van der Waals surface area contributed by atoms with Crippen molar-refractivity contribution in [1.82, 2.24) is 0 Å². The van der Waals surface area contributed by atoms with Crippen molar-refractivity contribution in [3.8, 4) is 0 Å². The summed E-state index contributed by atoms with van der Waals surface area (Å²) in [5.74, 6) is -0.723. The van der Waals surface area contributed by atoms with Crippen molar-refractivity contribution in [3.63, 3.8) is 0 Å². The highest BCUT2D eigenvalue weighted by Crippen LogP contribution is 2.25. The molecular formula is C18H26BrF3. The quantitative estimate of drug-likeness (QED) is 0.281.